The highest BCUT2D eigenvalue weighted by Gasteiger charge is 2.30. The summed E-state index contributed by atoms with van der Waals surface area (Å²) in [7, 11) is 0. The van der Waals surface area contributed by atoms with Crippen LogP contribution in [0, 0.1) is 17.2 Å². The minimum atomic E-state index is -4.55. The molecule has 0 saturated heterocycles. The molecule has 5 nitrogen and oxygen atoms in total. The van der Waals surface area contributed by atoms with E-state index in [-0.39, 0.29) is 36.0 Å². The van der Waals surface area contributed by atoms with Gasteiger partial charge in [-0.3, -0.25) is 9.69 Å². The van der Waals surface area contributed by atoms with Gasteiger partial charge < -0.3 is 10.6 Å². The Hall–Kier alpha value is -3.10. The van der Waals surface area contributed by atoms with Crippen LogP contribution in [0.3, 0.4) is 0 Å². The fourth-order valence-corrected chi connectivity index (χ4v) is 3.75. The number of nitrogens with one attached hydrogen (secondary N) is 2. The lowest BCUT2D eigenvalue weighted by Crippen LogP contribution is -2.41. The Morgan fingerprint density at radius 3 is 2.26 bits per heavy atom. The number of hydrogen-bond acceptors (Lipinski definition) is 2. The Morgan fingerprint density at radius 1 is 1.03 bits per heavy atom. The maximum absolute atomic E-state index is 13.4. The highest BCUT2D eigenvalue weighted by atomic mass is 19.4. The maximum atomic E-state index is 13.4. The zero-order valence-corrected chi connectivity index (χ0v) is 19.8. The van der Waals surface area contributed by atoms with E-state index in [4.69, 9.17) is 0 Å². The van der Waals surface area contributed by atoms with Crippen molar-refractivity contribution in [2.75, 3.05) is 23.3 Å². The van der Waals surface area contributed by atoms with Gasteiger partial charge in [0.25, 0.3) is 0 Å². The van der Waals surface area contributed by atoms with Gasteiger partial charge >= 0.3 is 12.2 Å². The van der Waals surface area contributed by atoms with Gasteiger partial charge in [-0.1, -0.05) is 33.8 Å². The zero-order chi connectivity index (χ0) is 25.5. The van der Waals surface area contributed by atoms with Gasteiger partial charge in [-0.25, -0.2) is 9.18 Å². The van der Waals surface area contributed by atoms with E-state index >= 15 is 0 Å². The number of halogens is 4. The number of alkyl halides is 3. The lowest BCUT2D eigenvalue weighted by Gasteiger charge is -2.25. The number of nitrogens with zero attached hydrogens (tertiary/aromatic N) is 1. The molecule has 0 aromatic heterocycles. The molecule has 0 aliphatic carbocycles. The van der Waals surface area contributed by atoms with E-state index in [1.807, 2.05) is 6.92 Å². The van der Waals surface area contributed by atoms with Gasteiger partial charge in [0.1, 0.15) is 5.82 Å². The summed E-state index contributed by atoms with van der Waals surface area (Å²) in [5, 5.41) is 5.22. The Morgan fingerprint density at radius 2 is 1.68 bits per heavy atom. The van der Waals surface area contributed by atoms with E-state index < -0.39 is 23.6 Å². The van der Waals surface area contributed by atoms with E-state index in [1.165, 1.54) is 41.3 Å². The summed E-state index contributed by atoms with van der Waals surface area (Å²) in [5.41, 5.74) is -0.496. The highest BCUT2D eigenvalue weighted by molar-refractivity contribution is 6.01. The van der Waals surface area contributed by atoms with E-state index in [0.717, 1.165) is 18.6 Å². The fourth-order valence-electron chi connectivity index (χ4n) is 3.75. The highest BCUT2D eigenvalue weighted by Crippen LogP contribution is 2.31. The Balaban J connectivity index is 2.07. The van der Waals surface area contributed by atoms with Gasteiger partial charge in [0.05, 0.1) is 5.56 Å². The van der Waals surface area contributed by atoms with Crippen LogP contribution in [0.25, 0.3) is 0 Å². The first-order valence-corrected chi connectivity index (χ1v) is 11.0. The molecule has 186 valence electrons. The third-order valence-electron chi connectivity index (χ3n) is 4.98. The Bertz CT molecular complexity index is 969. The number of carbonyl (C=O) groups is 2. The maximum Gasteiger partial charge on any atom is 0.416 e. The molecule has 2 aromatic carbocycles. The number of hydrogen-bond donors (Lipinski definition) is 2. The molecule has 9 heteroatoms. The smallest absolute Gasteiger partial charge is 0.354 e. The molecule has 34 heavy (non-hydrogen) atoms. The normalized spacial score (nSPS) is 12.7. The minimum absolute atomic E-state index is 0.0352. The average molecular weight is 482 g/mol. The summed E-state index contributed by atoms with van der Waals surface area (Å²) in [6, 6.07) is 8.68. The van der Waals surface area contributed by atoms with Crippen molar-refractivity contribution in [2.45, 2.75) is 46.7 Å². The minimum Gasteiger partial charge on any atom is -0.354 e. The third-order valence-corrected chi connectivity index (χ3v) is 4.98. The van der Waals surface area contributed by atoms with Crippen molar-refractivity contribution >= 4 is 23.3 Å². The van der Waals surface area contributed by atoms with Gasteiger partial charge in [-0.2, -0.15) is 13.2 Å². The topological polar surface area (TPSA) is 61.4 Å². The monoisotopic (exact) mass is 481 g/mol. The first-order chi connectivity index (χ1) is 15.7. The SMILES string of the molecule is CC(CC(=O)NCCN(C(=O)Nc1cccc(C(F)(F)F)c1)c1ccc(F)cc1)CC(C)(C)C. The zero-order valence-electron chi connectivity index (χ0n) is 19.8. The van der Waals surface area contributed by atoms with Crippen LogP contribution in [-0.4, -0.2) is 25.0 Å². The summed E-state index contributed by atoms with van der Waals surface area (Å²) >= 11 is 0. The molecule has 0 saturated carbocycles. The Kier molecular flexibility index (Phi) is 9.06. The predicted octanol–water partition coefficient (Wildman–Crippen LogP) is 6.46. The lowest BCUT2D eigenvalue weighted by atomic mass is 9.84. The second kappa shape index (κ2) is 11.4. The number of anilines is 2. The lowest BCUT2D eigenvalue weighted by molar-refractivity contribution is -0.137. The molecule has 0 heterocycles. The summed E-state index contributed by atoms with van der Waals surface area (Å²) in [4.78, 5) is 26.4. The molecule has 0 aliphatic rings. The standard InChI is InChI=1S/C25H31F4N3O2/c1-17(16-24(2,3)4)14-22(33)30-12-13-32(21-10-8-19(26)9-11-21)23(34)31-20-7-5-6-18(15-20)25(27,28)29/h5-11,15,17H,12-14,16H2,1-4H3,(H,30,33)(H,31,34). The molecule has 2 aromatic rings. The van der Waals surface area contributed by atoms with Crippen LogP contribution in [0.4, 0.5) is 33.7 Å². The largest absolute Gasteiger partial charge is 0.416 e. The average Bonchev–Trinajstić information content (AvgIpc) is 2.70. The van der Waals surface area contributed by atoms with Crippen molar-refractivity contribution in [3.63, 3.8) is 0 Å². The molecule has 0 aliphatic heterocycles. The van der Waals surface area contributed by atoms with Crippen molar-refractivity contribution in [1.82, 2.24) is 5.32 Å². The Labute approximate surface area is 197 Å². The van der Waals surface area contributed by atoms with Crippen LogP contribution in [0.5, 0.6) is 0 Å². The number of rotatable bonds is 8. The molecule has 0 radical (unpaired) electrons. The molecular formula is C25H31F4N3O2. The van der Waals surface area contributed by atoms with Crippen molar-refractivity contribution < 1.29 is 27.2 Å². The fraction of sp³-hybridized carbons (Fsp3) is 0.440. The van der Waals surface area contributed by atoms with E-state index in [1.54, 1.807) is 0 Å². The van der Waals surface area contributed by atoms with E-state index in [9.17, 15) is 27.2 Å². The summed E-state index contributed by atoms with van der Waals surface area (Å²) in [6.07, 6.45) is -3.34. The van der Waals surface area contributed by atoms with Crippen LogP contribution in [0.1, 0.15) is 46.1 Å². The van der Waals surface area contributed by atoms with Crippen molar-refractivity contribution in [1.29, 1.82) is 0 Å². The molecular weight excluding hydrogens is 450 g/mol. The van der Waals surface area contributed by atoms with Crippen molar-refractivity contribution in [2.24, 2.45) is 11.3 Å². The third kappa shape index (κ3) is 9.03. The number of amides is 3. The molecule has 2 N–H and O–H groups in total. The van der Waals surface area contributed by atoms with E-state index in [2.05, 4.69) is 31.4 Å². The number of urea groups is 1. The second-order valence-corrected chi connectivity index (χ2v) is 9.56. The van der Waals surface area contributed by atoms with Crippen LogP contribution in [0.2, 0.25) is 0 Å². The van der Waals surface area contributed by atoms with Crippen LogP contribution in [0.15, 0.2) is 48.5 Å². The summed E-state index contributed by atoms with van der Waals surface area (Å²) in [5.74, 6) is -0.477. The molecule has 3 amide bonds. The summed E-state index contributed by atoms with van der Waals surface area (Å²) < 4.78 is 52.3. The van der Waals surface area contributed by atoms with Crippen LogP contribution in [-0.2, 0) is 11.0 Å². The molecule has 2 rings (SSSR count). The first-order valence-electron chi connectivity index (χ1n) is 11.0. The second-order valence-electron chi connectivity index (χ2n) is 9.56. The van der Waals surface area contributed by atoms with Gasteiger partial charge in [0.15, 0.2) is 0 Å². The van der Waals surface area contributed by atoms with Gasteiger partial charge in [0.2, 0.25) is 5.91 Å². The van der Waals surface area contributed by atoms with Crippen LogP contribution < -0.4 is 15.5 Å². The molecule has 1 unspecified atom stereocenters. The summed E-state index contributed by atoms with van der Waals surface area (Å²) in [6.45, 7) is 8.46. The van der Waals surface area contributed by atoms with Gasteiger partial charge in [-0.05, 0) is 60.2 Å². The molecule has 0 fully saturated rings. The van der Waals surface area contributed by atoms with Crippen LogP contribution >= 0.6 is 0 Å². The quantitative estimate of drug-likeness (QED) is 0.425. The number of carbonyl (C=O) groups excluding carboxylic acids is 2. The molecule has 0 spiro atoms. The predicted molar refractivity (Wildman–Crippen MR) is 125 cm³/mol. The van der Waals surface area contributed by atoms with Crippen molar-refractivity contribution in [3.05, 3.63) is 59.9 Å². The van der Waals surface area contributed by atoms with E-state index in [0.29, 0.717) is 12.1 Å². The van der Waals surface area contributed by atoms with Gasteiger partial charge in [-0.15, -0.1) is 0 Å². The van der Waals surface area contributed by atoms with Gasteiger partial charge in [0, 0.05) is 30.9 Å². The molecule has 0 bridgehead atoms. The molecule has 1 atom stereocenters. The first kappa shape index (κ1) is 27.1. The number of benzene rings is 2. The van der Waals surface area contributed by atoms with Crippen molar-refractivity contribution in [3.8, 4) is 0 Å².